The fourth-order valence-electron chi connectivity index (χ4n) is 2.22. The van der Waals surface area contributed by atoms with Gasteiger partial charge in [0, 0.05) is 29.2 Å². The fourth-order valence-corrected chi connectivity index (χ4v) is 2.22. The van der Waals surface area contributed by atoms with Crippen LogP contribution in [0.4, 0.5) is 0 Å². The van der Waals surface area contributed by atoms with Crippen LogP contribution in [-0.4, -0.2) is 23.4 Å². The lowest BCUT2D eigenvalue weighted by molar-refractivity contribution is 0.0993. The highest BCUT2D eigenvalue weighted by atomic mass is 16.1. The van der Waals surface area contributed by atoms with Crippen molar-refractivity contribution in [2.75, 3.05) is 13.1 Å². The molecule has 0 fully saturated rings. The Balaban J connectivity index is 2.48. The number of rotatable bonds is 5. The molecule has 3 heteroatoms. The van der Waals surface area contributed by atoms with E-state index in [0.717, 1.165) is 29.6 Å². The minimum absolute atomic E-state index is 0.165. The Labute approximate surface area is 108 Å². The standard InChI is InChI=1S/C15H20N2O/c1-4-16-9-15(18)13-10-17(5-2)14-8-11(3)6-7-12(13)14/h6-8,10,16H,4-5,9H2,1-3H3. The van der Waals surface area contributed by atoms with Gasteiger partial charge in [-0.2, -0.15) is 0 Å². The lowest BCUT2D eigenvalue weighted by atomic mass is 10.1. The van der Waals surface area contributed by atoms with Crippen molar-refractivity contribution >= 4 is 16.7 Å². The van der Waals surface area contributed by atoms with Gasteiger partial charge in [-0.1, -0.05) is 19.1 Å². The molecule has 1 aromatic carbocycles. The minimum atomic E-state index is 0.165. The highest BCUT2D eigenvalue weighted by molar-refractivity contribution is 6.09. The average Bonchev–Trinajstić information content (AvgIpc) is 2.73. The molecular formula is C15H20N2O. The van der Waals surface area contributed by atoms with Crippen LogP contribution in [0.5, 0.6) is 0 Å². The molecule has 0 atom stereocenters. The van der Waals surface area contributed by atoms with Gasteiger partial charge < -0.3 is 9.88 Å². The number of hydrogen-bond acceptors (Lipinski definition) is 2. The molecule has 0 amide bonds. The number of carbonyl (C=O) groups is 1. The first-order valence-electron chi connectivity index (χ1n) is 6.50. The third-order valence-corrected chi connectivity index (χ3v) is 3.21. The zero-order chi connectivity index (χ0) is 13.1. The summed E-state index contributed by atoms with van der Waals surface area (Å²) in [5.74, 6) is 0.165. The van der Waals surface area contributed by atoms with Gasteiger partial charge in [0.25, 0.3) is 0 Å². The SMILES string of the molecule is CCNCC(=O)c1cn(CC)c2cc(C)ccc12. The van der Waals surface area contributed by atoms with Crippen molar-refractivity contribution in [2.24, 2.45) is 0 Å². The van der Waals surface area contributed by atoms with Gasteiger partial charge in [-0.3, -0.25) is 4.79 Å². The van der Waals surface area contributed by atoms with Gasteiger partial charge >= 0.3 is 0 Å². The number of aromatic nitrogens is 1. The van der Waals surface area contributed by atoms with Crippen LogP contribution in [0.2, 0.25) is 0 Å². The number of Topliss-reactive ketones (excluding diaryl/α,β-unsaturated/α-hetero) is 1. The van der Waals surface area contributed by atoms with E-state index in [2.05, 4.69) is 41.9 Å². The molecule has 1 N–H and O–H groups in total. The Morgan fingerprint density at radius 1 is 1.33 bits per heavy atom. The van der Waals surface area contributed by atoms with Crippen molar-refractivity contribution in [3.05, 3.63) is 35.5 Å². The summed E-state index contributed by atoms with van der Waals surface area (Å²) < 4.78 is 2.14. The van der Waals surface area contributed by atoms with Crippen LogP contribution in [0.25, 0.3) is 10.9 Å². The molecule has 0 unspecified atom stereocenters. The van der Waals surface area contributed by atoms with E-state index >= 15 is 0 Å². The number of hydrogen-bond donors (Lipinski definition) is 1. The maximum Gasteiger partial charge on any atom is 0.178 e. The average molecular weight is 244 g/mol. The van der Waals surface area contributed by atoms with Gasteiger partial charge in [-0.15, -0.1) is 0 Å². The van der Waals surface area contributed by atoms with E-state index in [0.29, 0.717) is 6.54 Å². The number of nitrogens with one attached hydrogen (secondary N) is 1. The Kier molecular flexibility index (Phi) is 3.82. The lowest BCUT2D eigenvalue weighted by Gasteiger charge is -2.01. The molecule has 0 saturated heterocycles. The van der Waals surface area contributed by atoms with Crippen molar-refractivity contribution < 1.29 is 4.79 Å². The Morgan fingerprint density at radius 2 is 2.11 bits per heavy atom. The van der Waals surface area contributed by atoms with E-state index in [1.54, 1.807) is 0 Å². The Hall–Kier alpha value is -1.61. The zero-order valence-electron chi connectivity index (χ0n) is 11.3. The van der Waals surface area contributed by atoms with Gasteiger partial charge in [0.15, 0.2) is 5.78 Å². The normalized spacial score (nSPS) is 11.1. The number of fused-ring (bicyclic) bond motifs is 1. The van der Waals surface area contributed by atoms with Crippen molar-refractivity contribution in [2.45, 2.75) is 27.3 Å². The quantitative estimate of drug-likeness (QED) is 0.821. The van der Waals surface area contributed by atoms with E-state index < -0.39 is 0 Å². The monoisotopic (exact) mass is 244 g/mol. The molecule has 1 aromatic heterocycles. The summed E-state index contributed by atoms with van der Waals surface area (Å²) in [7, 11) is 0. The van der Waals surface area contributed by atoms with Crippen molar-refractivity contribution in [3.8, 4) is 0 Å². The van der Waals surface area contributed by atoms with Gasteiger partial charge in [0.1, 0.15) is 0 Å². The summed E-state index contributed by atoms with van der Waals surface area (Å²) in [6.07, 6.45) is 1.98. The van der Waals surface area contributed by atoms with Crippen LogP contribution in [0.3, 0.4) is 0 Å². The number of aryl methyl sites for hydroxylation is 2. The van der Waals surface area contributed by atoms with E-state index in [-0.39, 0.29) is 5.78 Å². The molecule has 0 saturated carbocycles. The maximum absolute atomic E-state index is 12.2. The summed E-state index contributed by atoms with van der Waals surface area (Å²) in [5, 5.41) is 4.15. The molecule has 0 aliphatic rings. The topological polar surface area (TPSA) is 34.0 Å². The molecule has 0 aliphatic heterocycles. The molecule has 0 spiro atoms. The van der Waals surface area contributed by atoms with Crippen LogP contribution in [-0.2, 0) is 6.54 Å². The van der Waals surface area contributed by atoms with Gasteiger partial charge in [0.2, 0.25) is 0 Å². The van der Waals surface area contributed by atoms with E-state index in [4.69, 9.17) is 0 Å². The zero-order valence-corrected chi connectivity index (χ0v) is 11.3. The van der Waals surface area contributed by atoms with E-state index in [1.807, 2.05) is 13.1 Å². The first-order valence-corrected chi connectivity index (χ1v) is 6.50. The molecule has 0 radical (unpaired) electrons. The van der Waals surface area contributed by atoms with Gasteiger partial charge in [0.05, 0.1) is 6.54 Å². The highest BCUT2D eigenvalue weighted by Crippen LogP contribution is 2.23. The summed E-state index contributed by atoms with van der Waals surface area (Å²) in [5.41, 5.74) is 3.20. The summed E-state index contributed by atoms with van der Waals surface area (Å²) in [4.78, 5) is 12.2. The maximum atomic E-state index is 12.2. The number of carbonyl (C=O) groups excluding carboxylic acids is 1. The summed E-state index contributed by atoms with van der Waals surface area (Å²) >= 11 is 0. The van der Waals surface area contributed by atoms with Crippen LogP contribution in [0.1, 0.15) is 29.8 Å². The van der Waals surface area contributed by atoms with E-state index in [9.17, 15) is 4.79 Å². The molecular weight excluding hydrogens is 224 g/mol. The van der Waals surface area contributed by atoms with Crippen molar-refractivity contribution in [1.82, 2.24) is 9.88 Å². The number of nitrogens with zero attached hydrogens (tertiary/aromatic N) is 1. The largest absolute Gasteiger partial charge is 0.347 e. The predicted molar refractivity (Wildman–Crippen MR) is 75.2 cm³/mol. The highest BCUT2D eigenvalue weighted by Gasteiger charge is 2.13. The number of ketones is 1. The summed E-state index contributed by atoms with van der Waals surface area (Å²) in [6.45, 7) is 8.29. The molecule has 96 valence electrons. The smallest absolute Gasteiger partial charge is 0.178 e. The first kappa shape index (κ1) is 12.8. The lowest BCUT2D eigenvalue weighted by Crippen LogP contribution is -2.22. The summed E-state index contributed by atoms with van der Waals surface area (Å²) in [6, 6.07) is 6.26. The second-order valence-corrected chi connectivity index (χ2v) is 4.55. The number of likely N-dealkylation sites (N-methyl/N-ethyl adjacent to an activating group) is 1. The molecule has 1 heterocycles. The van der Waals surface area contributed by atoms with Gasteiger partial charge in [-0.05, 0) is 32.0 Å². The van der Waals surface area contributed by atoms with Crippen LogP contribution >= 0.6 is 0 Å². The molecule has 2 rings (SSSR count). The van der Waals surface area contributed by atoms with Crippen molar-refractivity contribution in [1.29, 1.82) is 0 Å². The van der Waals surface area contributed by atoms with E-state index in [1.165, 1.54) is 5.56 Å². The molecule has 0 bridgehead atoms. The second-order valence-electron chi connectivity index (χ2n) is 4.55. The van der Waals surface area contributed by atoms with Crippen molar-refractivity contribution in [3.63, 3.8) is 0 Å². The first-order chi connectivity index (χ1) is 8.67. The third kappa shape index (κ3) is 2.31. The number of benzene rings is 1. The Morgan fingerprint density at radius 3 is 2.78 bits per heavy atom. The molecule has 2 aromatic rings. The minimum Gasteiger partial charge on any atom is -0.347 e. The van der Waals surface area contributed by atoms with Crippen LogP contribution in [0, 0.1) is 6.92 Å². The molecule has 3 nitrogen and oxygen atoms in total. The second kappa shape index (κ2) is 5.36. The molecule has 18 heavy (non-hydrogen) atoms. The third-order valence-electron chi connectivity index (χ3n) is 3.21. The fraction of sp³-hybridized carbons (Fsp3) is 0.400. The Bertz CT molecular complexity index is 569. The predicted octanol–water partition coefficient (Wildman–Crippen LogP) is 2.76. The van der Waals surface area contributed by atoms with Crippen LogP contribution < -0.4 is 5.32 Å². The van der Waals surface area contributed by atoms with Gasteiger partial charge in [-0.25, -0.2) is 0 Å². The molecule has 0 aliphatic carbocycles. The van der Waals surface area contributed by atoms with Crippen LogP contribution in [0.15, 0.2) is 24.4 Å².